The zero-order valence-corrected chi connectivity index (χ0v) is 21.1. The van der Waals surface area contributed by atoms with Crippen molar-refractivity contribution in [1.82, 2.24) is 19.9 Å². The Morgan fingerprint density at radius 3 is 2.78 bits per heavy atom. The largest absolute Gasteiger partial charge is 0.497 e. The predicted octanol–water partition coefficient (Wildman–Crippen LogP) is 4.00. The van der Waals surface area contributed by atoms with Gasteiger partial charge in [-0.25, -0.2) is 9.97 Å². The molecule has 0 bridgehead atoms. The topological polar surface area (TPSA) is 129 Å². The molecule has 0 aliphatic carbocycles. The molecule has 0 radical (unpaired) electrons. The normalized spacial score (nSPS) is 16.1. The van der Waals surface area contributed by atoms with Gasteiger partial charge in [-0.05, 0) is 67.3 Å². The SMILES string of the molecule is CCc1c(CN2CCCC(O)C2)cccc1Nc1c(C(N)=O)cnc2[nH]c(-c3ccc(OC)cc3)nc12. The fourth-order valence-corrected chi connectivity index (χ4v) is 5.02. The van der Waals surface area contributed by atoms with Crippen LogP contribution in [0, 0.1) is 0 Å². The summed E-state index contributed by atoms with van der Waals surface area (Å²) in [7, 11) is 1.62. The molecular weight excluding hydrogens is 468 g/mol. The van der Waals surface area contributed by atoms with Crippen molar-refractivity contribution in [1.29, 1.82) is 0 Å². The van der Waals surface area contributed by atoms with Gasteiger partial charge in [-0.1, -0.05) is 19.1 Å². The molecule has 9 heteroatoms. The Kier molecular flexibility index (Phi) is 7.07. The highest BCUT2D eigenvalue weighted by Gasteiger charge is 2.21. The first-order chi connectivity index (χ1) is 18.0. The van der Waals surface area contributed by atoms with E-state index in [1.807, 2.05) is 36.4 Å². The number of aliphatic hydroxyl groups is 1. The minimum atomic E-state index is -0.581. The number of amides is 1. The smallest absolute Gasteiger partial charge is 0.252 e. The van der Waals surface area contributed by atoms with Crippen molar-refractivity contribution >= 4 is 28.4 Å². The number of carbonyl (C=O) groups is 1. The third-order valence-corrected chi connectivity index (χ3v) is 6.90. The minimum Gasteiger partial charge on any atom is -0.497 e. The van der Waals surface area contributed by atoms with Gasteiger partial charge in [0.1, 0.15) is 17.1 Å². The van der Waals surface area contributed by atoms with Gasteiger partial charge < -0.3 is 25.9 Å². The maximum atomic E-state index is 12.4. The molecule has 0 saturated carbocycles. The number of imidazole rings is 1. The third-order valence-electron chi connectivity index (χ3n) is 6.90. The van der Waals surface area contributed by atoms with Gasteiger partial charge in [-0.15, -0.1) is 0 Å². The summed E-state index contributed by atoms with van der Waals surface area (Å²) in [6.45, 7) is 4.52. The van der Waals surface area contributed by atoms with Crippen molar-refractivity contribution in [3.8, 4) is 17.1 Å². The number of aromatic amines is 1. The molecule has 3 heterocycles. The Bertz CT molecular complexity index is 1420. The zero-order chi connectivity index (χ0) is 25.9. The number of likely N-dealkylation sites (tertiary alicyclic amines) is 1. The van der Waals surface area contributed by atoms with E-state index in [0.717, 1.165) is 54.9 Å². The second-order valence-electron chi connectivity index (χ2n) is 9.38. The number of H-pyrrole nitrogens is 1. The highest BCUT2D eigenvalue weighted by molar-refractivity contribution is 6.06. The average Bonchev–Trinajstić information content (AvgIpc) is 3.34. The molecular formula is C28H32N6O3. The number of nitrogens with one attached hydrogen (secondary N) is 2. The van der Waals surface area contributed by atoms with Crippen LogP contribution in [0.1, 0.15) is 41.3 Å². The molecule has 37 heavy (non-hydrogen) atoms. The average molecular weight is 501 g/mol. The second kappa shape index (κ2) is 10.6. The van der Waals surface area contributed by atoms with Crippen molar-refractivity contribution < 1.29 is 14.6 Å². The van der Waals surface area contributed by atoms with Crippen LogP contribution in [0.5, 0.6) is 5.75 Å². The Balaban J connectivity index is 1.53. The lowest BCUT2D eigenvalue weighted by molar-refractivity contribution is 0.0667. The van der Waals surface area contributed by atoms with Gasteiger partial charge in [0, 0.05) is 30.5 Å². The molecule has 1 unspecified atom stereocenters. The number of benzene rings is 2. The van der Waals surface area contributed by atoms with Gasteiger partial charge in [0.05, 0.1) is 24.5 Å². The molecule has 4 aromatic rings. The van der Waals surface area contributed by atoms with Crippen LogP contribution < -0.4 is 15.8 Å². The zero-order valence-electron chi connectivity index (χ0n) is 21.1. The number of rotatable bonds is 8. The Labute approximate surface area is 215 Å². The van der Waals surface area contributed by atoms with Gasteiger partial charge in [-0.2, -0.15) is 0 Å². The van der Waals surface area contributed by atoms with Crippen LogP contribution in [0.15, 0.2) is 48.7 Å². The van der Waals surface area contributed by atoms with Crippen LogP contribution in [0.3, 0.4) is 0 Å². The van der Waals surface area contributed by atoms with E-state index in [1.165, 1.54) is 11.8 Å². The van der Waals surface area contributed by atoms with Crippen LogP contribution in [0.4, 0.5) is 11.4 Å². The Morgan fingerprint density at radius 1 is 1.27 bits per heavy atom. The molecule has 5 N–H and O–H groups in total. The first kappa shape index (κ1) is 24.7. The number of anilines is 2. The van der Waals surface area contributed by atoms with Crippen molar-refractivity contribution in [2.45, 2.75) is 38.8 Å². The number of piperidine rings is 1. The lowest BCUT2D eigenvalue weighted by Crippen LogP contribution is -2.37. The summed E-state index contributed by atoms with van der Waals surface area (Å²) < 4.78 is 5.26. The number of nitrogens with two attached hydrogens (primary N) is 1. The maximum Gasteiger partial charge on any atom is 0.252 e. The van der Waals surface area contributed by atoms with E-state index in [1.54, 1.807) is 7.11 Å². The highest BCUT2D eigenvalue weighted by Crippen LogP contribution is 2.33. The first-order valence-corrected chi connectivity index (χ1v) is 12.6. The van der Waals surface area contributed by atoms with Crippen molar-refractivity contribution in [2.75, 3.05) is 25.5 Å². The number of fused-ring (bicyclic) bond motifs is 1. The molecule has 1 atom stereocenters. The van der Waals surface area contributed by atoms with Gasteiger partial charge >= 0.3 is 0 Å². The monoisotopic (exact) mass is 500 g/mol. The molecule has 9 nitrogen and oxygen atoms in total. The Hall–Kier alpha value is -3.95. The van der Waals surface area contributed by atoms with E-state index in [2.05, 4.69) is 33.2 Å². The van der Waals surface area contributed by atoms with Gasteiger partial charge in [0.15, 0.2) is 5.65 Å². The standard InChI is InChI=1S/C28H32N6O3/c1-3-21-18(15-34-13-5-7-19(35)16-34)6-4-8-23(21)31-24-22(26(29)36)14-30-28-25(24)32-27(33-28)17-9-11-20(37-2)12-10-17/h4,6,8-12,14,19,35H,3,5,7,13,15-16H2,1-2H3,(H2,29,36)(H2,30,31,32,33). The van der Waals surface area contributed by atoms with Crippen molar-refractivity contribution in [2.24, 2.45) is 5.73 Å². The van der Waals surface area contributed by atoms with Crippen LogP contribution >= 0.6 is 0 Å². The third kappa shape index (κ3) is 5.14. The van der Waals surface area contributed by atoms with Gasteiger partial charge in [0.25, 0.3) is 5.91 Å². The summed E-state index contributed by atoms with van der Waals surface area (Å²) in [4.78, 5) is 27.1. The molecule has 1 aliphatic heterocycles. The second-order valence-corrected chi connectivity index (χ2v) is 9.38. The van der Waals surface area contributed by atoms with E-state index in [9.17, 15) is 9.90 Å². The molecule has 192 valence electrons. The predicted molar refractivity (Wildman–Crippen MR) is 144 cm³/mol. The number of aliphatic hydroxyl groups excluding tert-OH is 1. The van der Waals surface area contributed by atoms with Crippen molar-refractivity contribution in [3.05, 3.63) is 65.4 Å². The maximum absolute atomic E-state index is 12.4. The van der Waals surface area contributed by atoms with E-state index < -0.39 is 5.91 Å². The summed E-state index contributed by atoms with van der Waals surface area (Å²) >= 11 is 0. The number of primary amides is 1. The summed E-state index contributed by atoms with van der Waals surface area (Å²) in [5, 5.41) is 13.6. The highest BCUT2D eigenvalue weighted by atomic mass is 16.5. The molecule has 1 saturated heterocycles. The number of hydrogen-bond donors (Lipinski definition) is 4. The lowest BCUT2D eigenvalue weighted by atomic mass is 10.00. The number of aromatic nitrogens is 3. The Morgan fingerprint density at radius 2 is 2.08 bits per heavy atom. The fraction of sp³-hybridized carbons (Fsp3) is 0.321. The van der Waals surface area contributed by atoms with E-state index in [-0.39, 0.29) is 11.7 Å². The van der Waals surface area contributed by atoms with Crippen LogP contribution in [-0.4, -0.2) is 57.2 Å². The molecule has 5 rings (SSSR count). The van der Waals surface area contributed by atoms with E-state index in [4.69, 9.17) is 15.5 Å². The quantitative estimate of drug-likeness (QED) is 0.288. The van der Waals surface area contributed by atoms with Gasteiger partial charge in [0.2, 0.25) is 0 Å². The first-order valence-electron chi connectivity index (χ1n) is 12.6. The number of ether oxygens (including phenoxy) is 1. The van der Waals surface area contributed by atoms with Crippen molar-refractivity contribution in [3.63, 3.8) is 0 Å². The molecule has 1 fully saturated rings. The molecule has 1 amide bonds. The van der Waals surface area contributed by atoms with Crippen LogP contribution in [0.25, 0.3) is 22.6 Å². The molecule has 1 aliphatic rings. The number of pyridine rings is 1. The van der Waals surface area contributed by atoms with Crippen LogP contribution in [0.2, 0.25) is 0 Å². The molecule has 2 aromatic heterocycles. The van der Waals surface area contributed by atoms with Gasteiger partial charge in [-0.3, -0.25) is 9.69 Å². The van der Waals surface area contributed by atoms with Crippen LogP contribution in [-0.2, 0) is 13.0 Å². The summed E-state index contributed by atoms with van der Waals surface area (Å²) in [5.41, 5.74) is 11.7. The molecule has 0 spiro atoms. The number of β-amino-alcohol motifs (C(OH)–C–C–N with tert-alkyl or cyclic N) is 1. The number of methoxy groups -OCH3 is 1. The summed E-state index contributed by atoms with van der Waals surface area (Å²) in [6.07, 6.45) is 3.85. The fourth-order valence-electron chi connectivity index (χ4n) is 5.02. The lowest BCUT2D eigenvalue weighted by Gasteiger charge is -2.31. The molecule has 2 aromatic carbocycles. The van der Waals surface area contributed by atoms with E-state index in [0.29, 0.717) is 29.2 Å². The number of nitrogens with zero attached hydrogens (tertiary/aromatic N) is 3. The van der Waals surface area contributed by atoms with E-state index >= 15 is 0 Å². The number of carbonyl (C=O) groups excluding carboxylic acids is 1. The summed E-state index contributed by atoms with van der Waals surface area (Å²) in [5.74, 6) is 0.799. The number of hydrogen-bond acceptors (Lipinski definition) is 7. The minimum absolute atomic E-state index is 0.270. The summed E-state index contributed by atoms with van der Waals surface area (Å²) in [6, 6.07) is 13.7.